The molecule has 4 nitrogen and oxygen atoms in total. The number of nitrogens with one attached hydrogen (secondary N) is 1. The van der Waals surface area contributed by atoms with Crippen molar-refractivity contribution in [2.24, 2.45) is 5.92 Å². The first-order valence-electron chi connectivity index (χ1n) is 5.06. The van der Waals surface area contributed by atoms with Crippen LogP contribution in [-0.4, -0.2) is 22.5 Å². The van der Waals surface area contributed by atoms with Crippen molar-refractivity contribution in [1.29, 1.82) is 0 Å². The molecule has 0 heterocycles. The van der Waals surface area contributed by atoms with Crippen molar-refractivity contribution in [1.82, 2.24) is 5.32 Å². The lowest BCUT2D eigenvalue weighted by molar-refractivity contribution is -0.147. The summed E-state index contributed by atoms with van der Waals surface area (Å²) < 4.78 is 0. The van der Waals surface area contributed by atoms with Gasteiger partial charge in [-0.05, 0) is 39.5 Å². The molecule has 2 N–H and O–H groups in total. The van der Waals surface area contributed by atoms with Gasteiger partial charge in [0.2, 0.25) is 5.91 Å². The third-order valence-electron chi connectivity index (χ3n) is 2.64. The summed E-state index contributed by atoms with van der Waals surface area (Å²) >= 11 is 0. The van der Waals surface area contributed by atoms with E-state index in [0.29, 0.717) is 0 Å². The van der Waals surface area contributed by atoms with Crippen molar-refractivity contribution in [3.63, 3.8) is 0 Å². The second-order valence-electron chi connectivity index (χ2n) is 4.49. The van der Waals surface area contributed by atoms with Crippen LogP contribution in [-0.2, 0) is 9.59 Å². The largest absolute Gasteiger partial charge is 0.480 e. The first-order valence-corrected chi connectivity index (χ1v) is 5.06. The minimum absolute atomic E-state index is 0.0736. The molecule has 1 aliphatic carbocycles. The molecule has 4 heteroatoms. The number of allylic oxidation sites excluding steroid dienone is 1. The minimum Gasteiger partial charge on any atom is -0.480 e. The number of amides is 1. The average molecular weight is 211 g/mol. The summed E-state index contributed by atoms with van der Waals surface area (Å²) in [7, 11) is 0. The van der Waals surface area contributed by atoms with Gasteiger partial charge < -0.3 is 10.4 Å². The number of aliphatic carboxylic acids is 1. The Kier molecular flexibility index (Phi) is 3.17. The Morgan fingerprint density at radius 2 is 1.93 bits per heavy atom. The van der Waals surface area contributed by atoms with Crippen LogP contribution in [0.3, 0.4) is 0 Å². The van der Waals surface area contributed by atoms with Crippen LogP contribution in [0, 0.1) is 5.92 Å². The molecule has 1 saturated carbocycles. The lowest BCUT2D eigenvalue weighted by Crippen LogP contribution is -2.53. The van der Waals surface area contributed by atoms with Gasteiger partial charge in [-0.25, -0.2) is 4.79 Å². The first-order chi connectivity index (χ1) is 6.86. The van der Waals surface area contributed by atoms with E-state index in [0.717, 1.165) is 18.4 Å². The van der Waals surface area contributed by atoms with Gasteiger partial charge in [-0.3, -0.25) is 4.79 Å². The molecule has 1 amide bonds. The van der Waals surface area contributed by atoms with Gasteiger partial charge >= 0.3 is 5.97 Å². The van der Waals surface area contributed by atoms with E-state index in [-0.39, 0.29) is 11.8 Å². The van der Waals surface area contributed by atoms with E-state index >= 15 is 0 Å². The molecule has 0 aromatic carbocycles. The number of hydrogen-bond donors (Lipinski definition) is 2. The van der Waals surface area contributed by atoms with Crippen LogP contribution in [0.2, 0.25) is 0 Å². The highest BCUT2D eigenvalue weighted by Crippen LogP contribution is 2.39. The van der Waals surface area contributed by atoms with E-state index in [1.807, 2.05) is 0 Å². The van der Waals surface area contributed by atoms with Crippen molar-refractivity contribution in [2.45, 2.75) is 39.2 Å². The van der Waals surface area contributed by atoms with Gasteiger partial charge in [0, 0.05) is 6.08 Å². The van der Waals surface area contributed by atoms with Gasteiger partial charge in [0.1, 0.15) is 5.54 Å². The Hall–Kier alpha value is -1.32. The lowest BCUT2D eigenvalue weighted by Gasteiger charge is -2.25. The van der Waals surface area contributed by atoms with Crippen LogP contribution in [0.15, 0.2) is 11.6 Å². The molecule has 84 valence electrons. The molecule has 0 aromatic rings. The zero-order chi connectivity index (χ0) is 11.6. The number of carbonyl (C=O) groups is 2. The molecule has 0 radical (unpaired) electrons. The standard InChI is InChI=1S/C11H17NO3/c1-7(2)6-9(13)12-11(3,10(14)15)8-4-5-8/h6,8H,4-5H2,1-3H3,(H,12,13)(H,14,15). The minimum atomic E-state index is -1.11. The zero-order valence-electron chi connectivity index (χ0n) is 9.33. The van der Waals surface area contributed by atoms with Gasteiger partial charge in [-0.15, -0.1) is 0 Å². The molecule has 15 heavy (non-hydrogen) atoms. The van der Waals surface area contributed by atoms with Crippen LogP contribution in [0.1, 0.15) is 33.6 Å². The summed E-state index contributed by atoms with van der Waals surface area (Å²) in [6, 6.07) is 0. The summed E-state index contributed by atoms with van der Waals surface area (Å²) in [5, 5.41) is 11.7. The average Bonchev–Trinajstić information content (AvgIpc) is 2.82. The molecule has 1 fully saturated rings. The highest BCUT2D eigenvalue weighted by Gasteiger charge is 2.48. The van der Waals surface area contributed by atoms with Crippen LogP contribution in [0.25, 0.3) is 0 Å². The maximum atomic E-state index is 11.5. The molecule has 0 bridgehead atoms. The zero-order valence-corrected chi connectivity index (χ0v) is 9.33. The Morgan fingerprint density at radius 1 is 1.40 bits per heavy atom. The molecule has 0 spiro atoms. The summed E-state index contributed by atoms with van der Waals surface area (Å²) in [4.78, 5) is 22.5. The molecule has 1 aliphatic rings. The third kappa shape index (κ3) is 2.81. The fourth-order valence-electron chi connectivity index (χ4n) is 1.55. The smallest absolute Gasteiger partial charge is 0.329 e. The number of carbonyl (C=O) groups excluding carboxylic acids is 1. The van der Waals surface area contributed by atoms with Gasteiger partial charge in [0.05, 0.1) is 0 Å². The van der Waals surface area contributed by atoms with Crippen LogP contribution in [0.5, 0.6) is 0 Å². The quantitative estimate of drug-likeness (QED) is 0.689. The molecule has 1 rings (SSSR count). The van der Waals surface area contributed by atoms with E-state index in [1.165, 1.54) is 6.08 Å². The molecule has 0 aromatic heterocycles. The fraction of sp³-hybridized carbons (Fsp3) is 0.636. The highest BCUT2D eigenvalue weighted by atomic mass is 16.4. The number of hydrogen-bond acceptors (Lipinski definition) is 2. The Labute approximate surface area is 89.4 Å². The number of rotatable bonds is 4. The maximum absolute atomic E-state index is 11.5. The predicted molar refractivity (Wildman–Crippen MR) is 56.3 cm³/mol. The fourth-order valence-corrected chi connectivity index (χ4v) is 1.55. The van der Waals surface area contributed by atoms with Crippen LogP contribution in [0.4, 0.5) is 0 Å². The molecule has 0 saturated heterocycles. The highest BCUT2D eigenvalue weighted by molar-refractivity contribution is 5.93. The van der Waals surface area contributed by atoms with Crippen molar-refractivity contribution < 1.29 is 14.7 Å². The van der Waals surface area contributed by atoms with Crippen molar-refractivity contribution >= 4 is 11.9 Å². The summed E-state index contributed by atoms with van der Waals surface area (Å²) in [5.74, 6) is -1.21. The molecule has 1 unspecified atom stereocenters. The number of carboxylic acids is 1. The van der Waals surface area contributed by atoms with E-state index < -0.39 is 11.5 Å². The summed E-state index contributed by atoms with van der Waals surface area (Å²) in [6.07, 6.45) is 3.17. The third-order valence-corrected chi connectivity index (χ3v) is 2.64. The van der Waals surface area contributed by atoms with Gasteiger partial charge in [-0.1, -0.05) is 5.57 Å². The monoisotopic (exact) mass is 211 g/mol. The van der Waals surface area contributed by atoms with Crippen LogP contribution < -0.4 is 5.32 Å². The van der Waals surface area contributed by atoms with Gasteiger partial charge in [0.15, 0.2) is 0 Å². The van der Waals surface area contributed by atoms with Crippen molar-refractivity contribution in [3.8, 4) is 0 Å². The van der Waals surface area contributed by atoms with Crippen LogP contribution >= 0.6 is 0 Å². The first kappa shape index (κ1) is 11.8. The second kappa shape index (κ2) is 4.04. The van der Waals surface area contributed by atoms with Gasteiger partial charge in [-0.2, -0.15) is 0 Å². The summed E-state index contributed by atoms with van der Waals surface area (Å²) in [5.41, 5.74) is -0.251. The number of carboxylic acid groups (broad SMARTS) is 1. The van der Waals surface area contributed by atoms with Gasteiger partial charge in [0.25, 0.3) is 0 Å². The Balaban J connectivity index is 2.71. The Morgan fingerprint density at radius 3 is 2.27 bits per heavy atom. The Bertz CT molecular complexity index is 314. The summed E-state index contributed by atoms with van der Waals surface area (Å²) in [6.45, 7) is 5.17. The molecule has 1 atom stereocenters. The molecular weight excluding hydrogens is 194 g/mol. The van der Waals surface area contributed by atoms with Crippen molar-refractivity contribution in [3.05, 3.63) is 11.6 Å². The SMILES string of the molecule is CC(C)=CC(=O)NC(C)(C(=O)O)C1CC1. The van der Waals surface area contributed by atoms with E-state index in [2.05, 4.69) is 5.32 Å². The topological polar surface area (TPSA) is 66.4 Å². The molecule has 0 aliphatic heterocycles. The maximum Gasteiger partial charge on any atom is 0.329 e. The normalized spacial score (nSPS) is 18.9. The predicted octanol–water partition coefficient (Wildman–Crippen LogP) is 1.32. The van der Waals surface area contributed by atoms with E-state index in [4.69, 9.17) is 5.11 Å². The lowest BCUT2D eigenvalue weighted by atomic mass is 9.96. The molecular formula is C11H17NO3. The van der Waals surface area contributed by atoms with E-state index in [1.54, 1.807) is 20.8 Å². The second-order valence-corrected chi connectivity index (χ2v) is 4.49. The van der Waals surface area contributed by atoms with Crippen molar-refractivity contribution in [2.75, 3.05) is 0 Å². The van der Waals surface area contributed by atoms with E-state index in [9.17, 15) is 9.59 Å².